The van der Waals surface area contributed by atoms with E-state index in [1.165, 1.54) is 25.5 Å². The van der Waals surface area contributed by atoms with Crippen molar-refractivity contribution in [1.82, 2.24) is 9.88 Å². The lowest BCUT2D eigenvalue weighted by Gasteiger charge is -2.41. The van der Waals surface area contributed by atoms with Crippen LogP contribution in [0.4, 0.5) is 5.69 Å². The Morgan fingerprint density at radius 3 is 2.42 bits per heavy atom. The number of nitriles is 1. The Hall–Kier alpha value is -3.15. The van der Waals surface area contributed by atoms with E-state index in [1.54, 1.807) is 31.4 Å². The van der Waals surface area contributed by atoms with Gasteiger partial charge in [-0.25, -0.2) is 8.42 Å². The van der Waals surface area contributed by atoms with E-state index in [4.69, 9.17) is 4.74 Å². The lowest BCUT2D eigenvalue weighted by Crippen LogP contribution is -2.47. The van der Waals surface area contributed by atoms with Crippen LogP contribution in [0, 0.1) is 11.3 Å². The van der Waals surface area contributed by atoms with Crippen LogP contribution in [0.5, 0.6) is 5.75 Å². The topological polar surface area (TPSA) is 86.5 Å². The van der Waals surface area contributed by atoms with Gasteiger partial charge in [-0.05, 0) is 80.7 Å². The summed E-state index contributed by atoms with van der Waals surface area (Å²) >= 11 is 0. The van der Waals surface area contributed by atoms with Gasteiger partial charge in [0, 0.05) is 30.7 Å². The molecule has 0 amide bonds. The maximum Gasteiger partial charge on any atom is 0.210 e. The fourth-order valence-corrected chi connectivity index (χ4v) is 6.98. The minimum atomic E-state index is -3.83. The monoisotopic (exact) mass is 504 g/mol. The predicted molar refractivity (Wildman–Crippen MR) is 140 cm³/mol. The highest BCUT2D eigenvalue weighted by Crippen LogP contribution is 2.38. The van der Waals surface area contributed by atoms with Gasteiger partial charge in [-0.1, -0.05) is 12.5 Å². The average Bonchev–Trinajstić information content (AvgIpc) is 2.93. The molecule has 0 radical (unpaired) electrons. The number of nitrogens with zero attached hydrogens (tertiary/aromatic N) is 4. The van der Waals surface area contributed by atoms with E-state index in [1.807, 2.05) is 18.2 Å². The quantitative estimate of drug-likeness (QED) is 0.485. The number of methoxy groups -OCH3 is 1. The van der Waals surface area contributed by atoms with Crippen LogP contribution in [0.2, 0.25) is 0 Å². The maximum absolute atomic E-state index is 13.9. The van der Waals surface area contributed by atoms with Crippen molar-refractivity contribution in [3.05, 3.63) is 54.2 Å². The summed E-state index contributed by atoms with van der Waals surface area (Å²) in [5.41, 5.74) is 2.29. The number of benzene rings is 2. The molecule has 3 aromatic rings. The second-order valence-corrected chi connectivity index (χ2v) is 11.6. The van der Waals surface area contributed by atoms with Crippen molar-refractivity contribution in [3.63, 3.8) is 0 Å². The highest BCUT2D eigenvalue weighted by atomic mass is 32.2. The Kier molecular flexibility index (Phi) is 7.13. The number of hydrogen-bond donors (Lipinski definition) is 0. The molecule has 3 heterocycles. The fourth-order valence-electron chi connectivity index (χ4n) is 5.55. The Morgan fingerprint density at radius 1 is 1.03 bits per heavy atom. The van der Waals surface area contributed by atoms with Gasteiger partial charge in [0.15, 0.2) is 0 Å². The van der Waals surface area contributed by atoms with Crippen molar-refractivity contribution < 1.29 is 13.2 Å². The molecule has 0 spiro atoms. The minimum Gasteiger partial charge on any atom is -0.497 e. The first-order valence-corrected chi connectivity index (χ1v) is 14.2. The number of fused-ring (bicyclic) bond motifs is 1. The van der Waals surface area contributed by atoms with Gasteiger partial charge in [-0.15, -0.1) is 0 Å². The summed E-state index contributed by atoms with van der Waals surface area (Å²) in [6.07, 6.45) is 7.62. The second kappa shape index (κ2) is 10.5. The summed E-state index contributed by atoms with van der Waals surface area (Å²) in [6, 6.07) is 14.9. The molecule has 2 fully saturated rings. The molecule has 2 saturated heterocycles. The Bertz CT molecular complexity index is 1370. The van der Waals surface area contributed by atoms with Crippen molar-refractivity contribution in [2.24, 2.45) is 0 Å². The number of ether oxygens (including phenoxy) is 1. The van der Waals surface area contributed by atoms with Gasteiger partial charge in [0.05, 0.1) is 35.7 Å². The maximum atomic E-state index is 13.9. The fraction of sp³-hybridized carbons (Fsp3) is 0.429. The predicted octanol–water partition coefficient (Wildman–Crippen LogP) is 4.60. The zero-order valence-corrected chi connectivity index (χ0v) is 21.5. The van der Waals surface area contributed by atoms with Crippen LogP contribution in [0.15, 0.2) is 58.5 Å². The molecule has 8 heteroatoms. The first-order chi connectivity index (χ1) is 17.5. The first-order valence-electron chi connectivity index (χ1n) is 12.7. The van der Waals surface area contributed by atoms with E-state index in [0.29, 0.717) is 17.5 Å². The van der Waals surface area contributed by atoms with E-state index in [-0.39, 0.29) is 16.2 Å². The molecular weight excluding hydrogens is 472 g/mol. The lowest BCUT2D eigenvalue weighted by molar-refractivity contribution is 0.141. The molecule has 1 aromatic heterocycles. The number of rotatable bonds is 6. The summed E-state index contributed by atoms with van der Waals surface area (Å²) in [4.78, 5) is 9.79. The van der Waals surface area contributed by atoms with Gasteiger partial charge in [-0.2, -0.15) is 5.26 Å². The molecule has 36 heavy (non-hydrogen) atoms. The van der Waals surface area contributed by atoms with Crippen LogP contribution in [-0.2, 0) is 16.3 Å². The van der Waals surface area contributed by atoms with Crippen LogP contribution in [0.3, 0.4) is 0 Å². The molecule has 2 aliphatic heterocycles. The summed E-state index contributed by atoms with van der Waals surface area (Å²) in [6.45, 7) is 3.90. The van der Waals surface area contributed by atoms with Crippen LogP contribution in [0.25, 0.3) is 10.9 Å². The summed E-state index contributed by atoms with van der Waals surface area (Å²) in [5.74, 6) is 0.603. The highest BCUT2D eigenvalue weighted by Gasteiger charge is 2.31. The highest BCUT2D eigenvalue weighted by molar-refractivity contribution is 7.91. The van der Waals surface area contributed by atoms with Gasteiger partial charge in [0.25, 0.3) is 0 Å². The van der Waals surface area contributed by atoms with Gasteiger partial charge in [0.2, 0.25) is 9.84 Å². The van der Waals surface area contributed by atoms with Crippen LogP contribution < -0.4 is 9.64 Å². The van der Waals surface area contributed by atoms with Crippen molar-refractivity contribution >= 4 is 26.4 Å². The van der Waals surface area contributed by atoms with Crippen molar-refractivity contribution in [2.75, 3.05) is 38.2 Å². The van der Waals surface area contributed by atoms with Gasteiger partial charge < -0.3 is 14.5 Å². The number of anilines is 1. The molecule has 0 bridgehead atoms. The average molecular weight is 505 g/mol. The van der Waals surface area contributed by atoms with Crippen LogP contribution in [0.1, 0.15) is 37.7 Å². The third-order valence-corrected chi connectivity index (χ3v) is 9.27. The van der Waals surface area contributed by atoms with E-state index >= 15 is 0 Å². The summed E-state index contributed by atoms with van der Waals surface area (Å²) in [5, 5.41) is 10.0. The Balaban J connectivity index is 1.57. The van der Waals surface area contributed by atoms with E-state index < -0.39 is 9.84 Å². The van der Waals surface area contributed by atoms with Gasteiger partial charge >= 0.3 is 0 Å². The molecule has 0 aliphatic carbocycles. The SMILES string of the molecule is COc1ccc(S(=O)(=O)c2cnc3ccc(CC#N)cc3c2N2CCC(N3CCCCC3)CC2)cc1. The number of aromatic nitrogens is 1. The molecule has 0 N–H and O–H groups in total. The standard InChI is InChI=1S/C28H32N4O3S/c1-35-23-6-8-24(9-7-23)36(33,34)27-20-30-26-10-5-21(11-14-29)19-25(26)28(27)32-17-12-22(13-18-32)31-15-3-2-4-16-31/h5-10,19-20,22H,2-4,11-13,15-18H2,1H3. The molecular formula is C28H32N4O3S. The number of pyridine rings is 1. The largest absolute Gasteiger partial charge is 0.497 e. The third kappa shape index (κ3) is 4.78. The molecule has 7 nitrogen and oxygen atoms in total. The number of likely N-dealkylation sites (tertiary alicyclic amines) is 1. The molecule has 2 aliphatic rings. The molecule has 5 rings (SSSR count). The minimum absolute atomic E-state index is 0.210. The van der Waals surface area contributed by atoms with Gasteiger partial charge in [0.1, 0.15) is 10.6 Å². The summed E-state index contributed by atoms with van der Waals surface area (Å²) < 4.78 is 33.0. The van der Waals surface area contributed by atoms with Gasteiger partial charge in [-0.3, -0.25) is 4.98 Å². The third-order valence-electron chi connectivity index (χ3n) is 7.50. The number of sulfone groups is 1. The van der Waals surface area contributed by atoms with E-state index in [9.17, 15) is 13.7 Å². The van der Waals surface area contributed by atoms with E-state index in [2.05, 4.69) is 20.9 Å². The van der Waals surface area contributed by atoms with Crippen molar-refractivity contribution in [3.8, 4) is 11.8 Å². The smallest absolute Gasteiger partial charge is 0.210 e. The summed E-state index contributed by atoms with van der Waals surface area (Å²) in [7, 11) is -2.27. The Morgan fingerprint density at radius 2 is 1.75 bits per heavy atom. The number of hydrogen-bond acceptors (Lipinski definition) is 7. The molecule has 0 atom stereocenters. The molecule has 0 saturated carbocycles. The molecule has 2 aromatic carbocycles. The molecule has 188 valence electrons. The zero-order valence-electron chi connectivity index (χ0n) is 20.7. The second-order valence-electron chi connectivity index (χ2n) is 9.65. The number of piperidine rings is 2. The van der Waals surface area contributed by atoms with Crippen molar-refractivity contribution in [2.45, 2.75) is 54.4 Å². The molecule has 0 unspecified atom stereocenters. The Labute approximate surface area is 213 Å². The van der Waals surface area contributed by atoms with Crippen LogP contribution in [-0.4, -0.2) is 57.6 Å². The lowest BCUT2D eigenvalue weighted by atomic mass is 9.98. The first kappa shape index (κ1) is 24.5. The normalized spacial score (nSPS) is 17.7. The van der Waals surface area contributed by atoms with E-state index in [0.717, 1.165) is 55.5 Å². The van der Waals surface area contributed by atoms with Crippen LogP contribution >= 0.6 is 0 Å². The van der Waals surface area contributed by atoms with Crippen molar-refractivity contribution in [1.29, 1.82) is 5.26 Å². The zero-order chi connectivity index (χ0) is 25.1.